The van der Waals surface area contributed by atoms with Crippen LogP contribution < -0.4 is 15.5 Å². The standard InChI is InChI=1S/C14H20N4O3.ClH/c1-17(12-6-2-3-7-13(12)18(20)21)10-14(19)16-9-11-5-4-8-15-11;/h2-3,6-7,11,15H,4-5,8-10H2,1H3,(H,16,19);1H. The molecule has 1 aromatic rings. The smallest absolute Gasteiger partial charge is 0.292 e. The lowest BCUT2D eigenvalue weighted by atomic mass is 10.2. The maximum absolute atomic E-state index is 11.9. The highest BCUT2D eigenvalue weighted by Crippen LogP contribution is 2.26. The first-order valence-corrected chi connectivity index (χ1v) is 7.02. The summed E-state index contributed by atoms with van der Waals surface area (Å²) in [6.07, 6.45) is 2.21. The lowest BCUT2D eigenvalue weighted by molar-refractivity contribution is -0.384. The number of hydrogen-bond acceptors (Lipinski definition) is 5. The Hall–Kier alpha value is -1.86. The number of benzene rings is 1. The molecule has 22 heavy (non-hydrogen) atoms. The fraction of sp³-hybridized carbons (Fsp3) is 0.500. The summed E-state index contributed by atoms with van der Waals surface area (Å²) in [5.41, 5.74) is 0.446. The third kappa shape index (κ3) is 4.85. The molecule has 0 bridgehead atoms. The highest BCUT2D eigenvalue weighted by atomic mass is 35.5. The van der Waals surface area contributed by atoms with Gasteiger partial charge >= 0.3 is 0 Å². The number of nitrogens with zero attached hydrogens (tertiary/aromatic N) is 2. The molecule has 1 aliphatic heterocycles. The molecule has 1 unspecified atom stereocenters. The average molecular weight is 329 g/mol. The molecule has 0 aliphatic carbocycles. The molecule has 1 atom stereocenters. The fourth-order valence-corrected chi connectivity index (χ4v) is 2.47. The third-order valence-electron chi connectivity index (χ3n) is 3.58. The van der Waals surface area contributed by atoms with Crippen LogP contribution in [0.1, 0.15) is 12.8 Å². The second-order valence-corrected chi connectivity index (χ2v) is 5.20. The van der Waals surface area contributed by atoms with Gasteiger partial charge in [-0.3, -0.25) is 14.9 Å². The van der Waals surface area contributed by atoms with Crippen LogP contribution in [0.2, 0.25) is 0 Å². The van der Waals surface area contributed by atoms with Crippen molar-refractivity contribution in [3.05, 3.63) is 34.4 Å². The first-order valence-electron chi connectivity index (χ1n) is 7.02. The van der Waals surface area contributed by atoms with Crippen molar-refractivity contribution in [2.75, 3.05) is 31.6 Å². The summed E-state index contributed by atoms with van der Waals surface area (Å²) in [7, 11) is 1.68. The van der Waals surface area contributed by atoms with Crippen molar-refractivity contribution in [3.8, 4) is 0 Å². The van der Waals surface area contributed by atoms with Crippen molar-refractivity contribution in [1.82, 2.24) is 10.6 Å². The Morgan fingerprint density at radius 3 is 2.86 bits per heavy atom. The van der Waals surface area contributed by atoms with Gasteiger partial charge in [0.2, 0.25) is 5.91 Å². The summed E-state index contributed by atoms with van der Waals surface area (Å²) in [6.45, 7) is 1.69. The third-order valence-corrected chi connectivity index (χ3v) is 3.58. The van der Waals surface area contributed by atoms with E-state index in [4.69, 9.17) is 0 Å². The van der Waals surface area contributed by atoms with Crippen LogP contribution in [0.25, 0.3) is 0 Å². The van der Waals surface area contributed by atoms with Gasteiger partial charge in [-0.05, 0) is 25.5 Å². The van der Waals surface area contributed by atoms with Crippen LogP contribution in [0, 0.1) is 10.1 Å². The van der Waals surface area contributed by atoms with Gasteiger partial charge in [-0.2, -0.15) is 0 Å². The van der Waals surface area contributed by atoms with Gasteiger partial charge in [-0.1, -0.05) is 12.1 Å². The summed E-state index contributed by atoms with van der Waals surface area (Å²) in [4.78, 5) is 24.1. The van der Waals surface area contributed by atoms with Crippen LogP contribution in [0.3, 0.4) is 0 Å². The van der Waals surface area contributed by atoms with E-state index in [2.05, 4.69) is 10.6 Å². The van der Waals surface area contributed by atoms with Gasteiger partial charge in [0.15, 0.2) is 0 Å². The van der Waals surface area contributed by atoms with Crippen LogP contribution in [-0.4, -0.2) is 43.6 Å². The van der Waals surface area contributed by atoms with Gasteiger partial charge in [0.05, 0.1) is 11.5 Å². The Bertz CT molecular complexity index is 521. The molecule has 0 radical (unpaired) electrons. The minimum Gasteiger partial charge on any atom is -0.360 e. The van der Waals surface area contributed by atoms with E-state index in [-0.39, 0.29) is 30.5 Å². The second-order valence-electron chi connectivity index (χ2n) is 5.20. The number of para-hydroxylation sites is 2. The number of carbonyl (C=O) groups excluding carboxylic acids is 1. The molecule has 1 aliphatic rings. The summed E-state index contributed by atoms with van der Waals surface area (Å²) >= 11 is 0. The van der Waals surface area contributed by atoms with E-state index < -0.39 is 4.92 Å². The quantitative estimate of drug-likeness (QED) is 0.607. The number of nitrogens with one attached hydrogen (secondary N) is 2. The van der Waals surface area contributed by atoms with Crippen LogP contribution in [0.5, 0.6) is 0 Å². The monoisotopic (exact) mass is 328 g/mol. The Morgan fingerprint density at radius 1 is 1.50 bits per heavy atom. The Kier molecular flexibility index (Phi) is 7.07. The summed E-state index contributed by atoms with van der Waals surface area (Å²) < 4.78 is 0. The minimum absolute atomic E-state index is 0. The Balaban J connectivity index is 0.00000242. The highest BCUT2D eigenvalue weighted by molar-refractivity contribution is 5.85. The highest BCUT2D eigenvalue weighted by Gasteiger charge is 2.19. The van der Waals surface area contributed by atoms with Crippen LogP contribution >= 0.6 is 12.4 Å². The summed E-state index contributed by atoms with van der Waals surface area (Å²) in [5.74, 6) is -0.135. The van der Waals surface area contributed by atoms with Gasteiger partial charge in [-0.25, -0.2) is 0 Å². The predicted molar refractivity (Wildman–Crippen MR) is 87.6 cm³/mol. The zero-order chi connectivity index (χ0) is 15.2. The number of halogens is 1. The molecule has 0 saturated carbocycles. The van der Waals surface area contributed by atoms with Gasteiger partial charge in [-0.15, -0.1) is 12.4 Å². The molecule has 0 spiro atoms. The molecule has 7 nitrogen and oxygen atoms in total. The van der Waals surface area contributed by atoms with Gasteiger partial charge < -0.3 is 15.5 Å². The molecule has 0 aromatic heterocycles. The average Bonchev–Trinajstić information content (AvgIpc) is 2.98. The van der Waals surface area contributed by atoms with E-state index in [1.165, 1.54) is 6.07 Å². The lowest BCUT2D eigenvalue weighted by Crippen LogP contribution is -2.41. The molecule has 8 heteroatoms. The predicted octanol–water partition coefficient (Wildman–Crippen LogP) is 1.32. The van der Waals surface area contributed by atoms with Crippen molar-refractivity contribution in [2.24, 2.45) is 0 Å². The van der Waals surface area contributed by atoms with Crippen molar-refractivity contribution in [1.29, 1.82) is 0 Å². The molecule has 1 amide bonds. The van der Waals surface area contributed by atoms with Crippen molar-refractivity contribution in [2.45, 2.75) is 18.9 Å². The number of hydrogen-bond donors (Lipinski definition) is 2. The van der Waals surface area contributed by atoms with E-state index in [1.807, 2.05) is 0 Å². The van der Waals surface area contributed by atoms with Crippen LogP contribution in [0.4, 0.5) is 11.4 Å². The van der Waals surface area contributed by atoms with Crippen LogP contribution in [0.15, 0.2) is 24.3 Å². The largest absolute Gasteiger partial charge is 0.360 e. The number of anilines is 1. The van der Waals surface area contributed by atoms with Gasteiger partial charge in [0, 0.05) is 25.7 Å². The van der Waals surface area contributed by atoms with Crippen molar-refractivity contribution >= 4 is 29.7 Å². The molecule has 122 valence electrons. The van der Waals surface area contributed by atoms with E-state index >= 15 is 0 Å². The zero-order valence-corrected chi connectivity index (χ0v) is 13.3. The zero-order valence-electron chi connectivity index (χ0n) is 12.4. The number of carbonyl (C=O) groups is 1. The normalized spacial score (nSPS) is 16.7. The molecule has 1 heterocycles. The Labute approximate surface area is 135 Å². The number of nitro benzene ring substituents is 1. The number of nitro groups is 1. The van der Waals surface area contributed by atoms with Gasteiger partial charge in [0.1, 0.15) is 5.69 Å². The van der Waals surface area contributed by atoms with E-state index in [9.17, 15) is 14.9 Å². The molecule has 1 fully saturated rings. The Morgan fingerprint density at radius 2 is 2.23 bits per heavy atom. The molecule has 2 rings (SSSR count). The van der Waals surface area contributed by atoms with Crippen molar-refractivity contribution < 1.29 is 9.72 Å². The summed E-state index contributed by atoms with van der Waals surface area (Å²) in [5, 5.41) is 17.1. The second kappa shape index (κ2) is 8.55. The molecule has 2 N–H and O–H groups in total. The number of likely N-dealkylation sites (N-methyl/N-ethyl adjacent to an activating group) is 1. The number of rotatable bonds is 6. The van der Waals surface area contributed by atoms with Crippen molar-refractivity contribution in [3.63, 3.8) is 0 Å². The van der Waals surface area contributed by atoms with E-state index in [0.717, 1.165) is 19.4 Å². The maximum Gasteiger partial charge on any atom is 0.292 e. The number of amides is 1. The maximum atomic E-state index is 11.9. The molecular formula is C14H21ClN4O3. The van der Waals surface area contributed by atoms with E-state index in [1.54, 1.807) is 30.1 Å². The lowest BCUT2D eigenvalue weighted by Gasteiger charge is -2.19. The first-order chi connectivity index (χ1) is 10.1. The summed E-state index contributed by atoms with van der Waals surface area (Å²) in [6, 6.07) is 6.75. The van der Waals surface area contributed by atoms with Gasteiger partial charge in [0.25, 0.3) is 5.69 Å². The van der Waals surface area contributed by atoms with Crippen LogP contribution in [-0.2, 0) is 4.79 Å². The minimum atomic E-state index is -0.438. The molecule has 1 saturated heterocycles. The topological polar surface area (TPSA) is 87.5 Å². The SMILES string of the molecule is CN(CC(=O)NCC1CCCN1)c1ccccc1[N+](=O)[O-].Cl. The molecule has 1 aromatic carbocycles. The first kappa shape index (κ1) is 18.2. The van der Waals surface area contributed by atoms with E-state index in [0.29, 0.717) is 18.3 Å². The fourth-order valence-electron chi connectivity index (χ4n) is 2.47. The molecular weight excluding hydrogens is 308 g/mol.